The van der Waals surface area contributed by atoms with Gasteiger partial charge in [-0.1, -0.05) is 48.0 Å². The first-order valence-corrected chi connectivity index (χ1v) is 15.4. The molecule has 3 aliphatic rings. The Hall–Kier alpha value is -4.41. The standard InChI is InChI=1S/C35H29ClN4O5/c1-35-31(44-3)23(38(2)34(43)17-12-14-18(36)15-13-17)16-24(45-35)39-21-10-6-4-8-19(21)25-27-28(33(42)37-32(27)41)26-20-9-5-7-11-22(20)40(35)30(26)29(25)39/h4-15,23-24,31,33,42H,16H2,1-3H3,(H,37,41)/t23-,24-,31-,33-,35+/m1/s1. The highest BCUT2D eigenvalue weighted by Crippen LogP contribution is 2.55. The summed E-state index contributed by atoms with van der Waals surface area (Å²) < 4.78 is 17.9. The summed E-state index contributed by atoms with van der Waals surface area (Å²) in [6.45, 7) is 2.01. The lowest BCUT2D eigenvalue weighted by Crippen LogP contribution is -2.61. The van der Waals surface area contributed by atoms with Crippen molar-refractivity contribution in [2.75, 3.05) is 14.2 Å². The van der Waals surface area contributed by atoms with E-state index >= 15 is 0 Å². The summed E-state index contributed by atoms with van der Waals surface area (Å²) >= 11 is 6.13. The molecule has 0 unspecified atom stereocenters. The number of carbonyl (C=O) groups excluding carboxylic acids is 2. The number of aliphatic hydroxyl groups is 1. The molecule has 2 N–H and O–H groups in total. The fraction of sp³-hybridized carbons (Fsp3) is 0.257. The van der Waals surface area contributed by atoms with Crippen molar-refractivity contribution >= 4 is 67.0 Å². The van der Waals surface area contributed by atoms with Gasteiger partial charge < -0.3 is 33.9 Å². The predicted octanol–water partition coefficient (Wildman–Crippen LogP) is 6.05. The van der Waals surface area contributed by atoms with Gasteiger partial charge in [-0.3, -0.25) is 9.59 Å². The molecule has 4 aromatic carbocycles. The molecule has 1 saturated heterocycles. The van der Waals surface area contributed by atoms with Crippen molar-refractivity contribution in [3.8, 4) is 0 Å². The van der Waals surface area contributed by atoms with Crippen molar-refractivity contribution in [1.29, 1.82) is 0 Å². The molecular formula is C35H29ClN4O5. The summed E-state index contributed by atoms with van der Waals surface area (Å²) in [5.41, 5.74) is 3.99. The number of nitrogens with one attached hydrogen (secondary N) is 1. The van der Waals surface area contributed by atoms with E-state index < -0.39 is 30.3 Å². The number of methoxy groups -OCH3 is 1. The van der Waals surface area contributed by atoms with Crippen LogP contribution in [0.2, 0.25) is 5.02 Å². The first-order valence-electron chi connectivity index (χ1n) is 15.0. The van der Waals surface area contributed by atoms with Gasteiger partial charge >= 0.3 is 0 Å². The highest BCUT2D eigenvalue weighted by Gasteiger charge is 2.55. The third kappa shape index (κ3) is 3.28. The minimum absolute atomic E-state index is 0.151. The highest BCUT2D eigenvalue weighted by molar-refractivity contribution is 6.31. The van der Waals surface area contributed by atoms with Crippen LogP contribution < -0.4 is 5.32 Å². The van der Waals surface area contributed by atoms with Crippen LogP contribution >= 0.6 is 11.6 Å². The molecule has 45 heavy (non-hydrogen) atoms. The Labute approximate surface area is 262 Å². The highest BCUT2D eigenvalue weighted by atomic mass is 35.5. The van der Waals surface area contributed by atoms with Crippen molar-refractivity contribution in [1.82, 2.24) is 19.4 Å². The van der Waals surface area contributed by atoms with Gasteiger partial charge in [-0.15, -0.1) is 0 Å². The van der Waals surface area contributed by atoms with Gasteiger partial charge in [0.05, 0.1) is 33.7 Å². The average molecular weight is 621 g/mol. The Morgan fingerprint density at radius 2 is 1.69 bits per heavy atom. The number of nitrogens with zero attached hydrogens (tertiary/aromatic N) is 3. The van der Waals surface area contributed by atoms with E-state index in [1.54, 1.807) is 36.3 Å². The Balaban J connectivity index is 1.41. The number of para-hydroxylation sites is 2. The summed E-state index contributed by atoms with van der Waals surface area (Å²) in [5.74, 6) is -0.457. The van der Waals surface area contributed by atoms with Gasteiger partial charge in [-0.25, -0.2) is 0 Å². The van der Waals surface area contributed by atoms with Crippen LogP contribution in [0, 0.1) is 0 Å². The number of amides is 2. The van der Waals surface area contributed by atoms with E-state index in [2.05, 4.69) is 14.5 Å². The van der Waals surface area contributed by atoms with E-state index in [9.17, 15) is 14.7 Å². The smallest absolute Gasteiger partial charge is 0.254 e. The van der Waals surface area contributed by atoms with Crippen LogP contribution in [0.25, 0.3) is 43.6 Å². The molecule has 2 amide bonds. The molecule has 0 saturated carbocycles. The molecule has 5 heterocycles. The molecule has 10 heteroatoms. The van der Waals surface area contributed by atoms with E-state index in [0.717, 1.165) is 43.6 Å². The summed E-state index contributed by atoms with van der Waals surface area (Å²) in [7, 11) is 3.46. The van der Waals surface area contributed by atoms with E-state index in [0.29, 0.717) is 28.1 Å². The monoisotopic (exact) mass is 620 g/mol. The van der Waals surface area contributed by atoms with E-state index in [-0.39, 0.29) is 11.8 Å². The van der Waals surface area contributed by atoms with Crippen LogP contribution in [0.3, 0.4) is 0 Å². The zero-order chi connectivity index (χ0) is 30.9. The molecule has 0 spiro atoms. The van der Waals surface area contributed by atoms with Crippen LogP contribution in [0.1, 0.15) is 52.1 Å². The van der Waals surface area contributed by atoms with Gasteiger partial charge in [0.2, 0.25) is 0 Å². The third-order valence-electron chi connectivity index (χ3n) is 10.2. The van der Waals surface area contributed by atoms with Crippen molar-refractivity contribution < 1.29 is 24.2 Å². The minimum Gasteiger partial charge on any atom is -0.374 e. The lowest BCUT2D eigenvalue weighted by Gasteiger charge is -2.50. The Kier molecular flexibility index (Phi) is 5.44. The van der Waals surface area contributed by atoms with Crippen LogP contribution in [-0.2, 0) is 15.2 Å². The van der Waals surface area contributed by atoms with E-state index in [1.165, 1.54) is 0 Å². The molecule has 0 aliphatic carbocycles. The summed E-state index contributed by atoms with van der Waals surface area (Å²) in [4.78, 5) is 29.3. The van der Waals surface area contributed by atoms with Crippen molar-refractivity contribution in [3.05, 3.63) is 94.5 Å². The Morgan fingerprint density at radius 3 is 2.40 bits per heavy atom. The van der Waals surface area contributed by atoms with Gasteiger partial charge in [0.1, 0.15) is 12.3 Å². The van der Waals surface area contributed by atoms with Crippen LogP contribution in [0.15, 0.2) is 72.8 Å². The zero-order valence-electron chi connectivity index (χ0n) is 24.7. The maximum atomic E-state index is 14.0. The fourth-order valence-electron chi connectivity index (χ4n) is 8.38. The molecule has 6 aromatic rings. The lowest BCUT2D eigenvalue weighted by atomic mass is 9.91. The average Bonchev–Trinajstić information content (AvgIpc) is 3.65. The molecule has 226 valence electrons. The third-order valence-corrected chi connectivity index (χ3v) is 10.4. The van der Waals surface area contributed by atoms with Gasteiger partial charge in [-0.05, 0) is 43.3 Å². The van der Waals surface area contributed by atoms with Crippen molar-refractivity contribution in [2.24, 2.45) is 0 Å². The quantitative estimate of drug-likeness (QED) is 0.251. The molecule has 5 atom stereocenters. The second-order valence-corrected chi connectivity index (χ2v) is 12.8. The summed E-state index contributed by atoms with van der Waals surface area (Å²) in [6, 6.07) is 22.5. The number of hydrogen-bond donors (Lipinski definition) is 2. The second kappa shape index (κ2) is 9.08. The predicted molar refractivity (Wildman–Crippen MR) is 171 cm³/mol. The maximum Gasteiger partial charge on any atom is 0.254 e. The van der Waals surface area contributed by atoms with E-state index in [4.69, 9.17) is 21.1 Å². The largest absolute Gasteiger partial charge is 0.374 e. The minimum atomic E-state index is -1.16. The van der Waals surface area contributed by atoms with Crippen LogP contribution in [0.5, 0.6) is 0 Å². The molecule has 9 nitrogen and oxygen atoms in total. The van der Waals surface area contributed by atoms with Crippen molar-refractivity contribution in [2.45, 2.75) is 43.7 Å². The molecule has 9 rings (SSSR count). The molecular weight excluding hydrogens is 592 g/mol. The number of rotatable bonds is 3. The number of carbonyl (C=O) groups is 2. The normalized spacial score (nSPS) is 25.3. The first-order chi connectivity index (χ1) is 21.7. The first kappa shape index (κ1) is 26.9. The number of benzene rings is 4. The summed E-state index contributed by atoms with van der Waals surface area (Å²) in [6.07, 6.45) is -1.82. The second-order valence-electron chi connectivity index (χ2n) is 12.4. The lowest BCUT2D eigenvalue weighted by molar-refractivity contribution is -0.264. The number of hydrogen-bond acceptors (Lipinski definition) is 5. The van der Waals surface area contributed by atoms with Crippen molar-refractivity contribution in [3.63, 3.8) is 0 Å². The molecule has 0 radical (unpaired) electrons. The van der Waals surface area contributed by atoms with Gasteiger partial charge in [0.25, 0.3) is 11.8 Å². The van der Waals surface area contributed by atoms with Gasteiger partial charge in [0.15, 0.2) is 12.0 Å². The molecule has 2 aromatic heterocycles. The SMILES string of the molecule is CO[C@@H]1[C@H](N(C)C(=O)c2ccc(Cl)cc2)C[C@H]2O[C@]1(C)n1c3ccccc3c3c4c(c5c6ccccc6n2c5c31)C(=O)N[C@@H]4O. The fourth-order valence-corrected chi connectivity index (χ4v) is 8.51. The Morgan fingerprint density at radius 1 is 1.02 bits per heavy atom. The maximum absolute atomic E-state index is 14.0. The topological polar surface area (TPSA) is 98.0 Å². The number of likely N-dealkylation sites (N-methyl/N-ethyl adjacent to an activating group) is 1. The van der Waals surface area contributed by atoms with E-state index in [1.807, 2.05) is 62.5 Å². The van der Waals surface area contributed by atoms with Crippen LogP contribution in [-0.4, -0.2) is 57.3 Å². The number of fused-ring (bicyclic) bond motifs is 13. The molecule has 2 bridgehead atoms. The number of ether oxygens (including phenoxy) is 2. The van der Waals surface area contributed by atoms with Gasteiger partial charge in [0, 0.05) is 58.3 Å². The molecule has 1 fully saturated rings. The Bertz CT molecular complexity index is 2270. The number of aliphatic hydroxyl groups excluding tert-OH is 1. The molecule has 3 aliphatic heterocycles. The van der Waals surface area contributed by atoms with Gasteiger partial charge in [-0.2, -0.15) is 0 Å². The number of aromatic nitrogens is 2. The summed E-state index contributed by atoms with van der Waals surface area (Å²) in [5, 5.41) is 18.0. The van der Waals surface area contributed by atoms with Crippen LogP contribution in [0.4, 0.5) is 0 Å². The number of halogens is 1. The zero-order valence-corrected chi connectivity index (χ0v) is 25.5.